The molecule has 0 spiro atoms. The Morgan fingerprint density at radius 2 is 0.298 bits per heavy atom. The molecule has 4 aromatic heterocycles. The minimum atomic E-state index is 1.16. The monoisotopic (exact) mass is 1320 g/mol. The predicted molar refractivity (Wildman–Crippen MR) is 441 cm³/mol. The summed E-state index contributed by atoms with van der Waals surface area (Å²) in [6, 6.07) is 145. The fourth-order valence-corrected chi connectivity index (χ4v) is 17.6. The van der Waals surface area contributed by atoms with Crippen molar-refractivity contribution in [2.45, 2.75) is 0 Å². The van der Waals surface area contributed by atoms with Crippen molar-refractivity contribution >= 4 is 76.2 Å². The summed E-state index contributed by atoms with van der Waals surface area (Å²) < 4.78 is 5.35. The second-order valence-corrected chi connectivity index (χ2v) is 27.6. The third-order valence-electron chi connectivity index (χ3n) is 22.0. The Hall–Kier alpha value is -13.7. The quantitative estimate of drug-likeness (QED) is 0.115. The summed E-state index contributed by atoms with van der Waals surface area (Å²) in [7, 11) is 0. The third-order valence-corrected chi connectivity index (χ3v) is 22.0. The van der Waals surface area contributed by atoms with Gasteiger partial charge in [0.2, 0.25) is 0 Å². The molecule has 0 saturated heterocycles. The number of benzene rings is 17. The first-order chi connectivity index (χ1) is 51.7. The zero-order valence-electron chi connectivity index (χ0n) is 56.8. The average Bonchev–Trinajstić information content (AvgIpc) is 1.49. The highest BCUT2D eigenvalue weighted by Gasteiger charge is 2.31. The Morgan fingerprint density at radius 1 is 0.135 bits per heavy atom. The molecule has 0 fully saturated rings. The summed E-state index contributed by atoms with van der Waals surface area (Å²) in [4.78, 5) is 0. The van der Waals surface area contributed by atoms with Crippen molar-refractivity contribution in [1.82, 2.24) is 8.80 Å². The lowest BCUT2D eigenvalue weighted by atomic mass is 9.86. The lowest BCUT2D eigenvalue weighted by Gasteiger charge is -2.17. The van der Waals surface area contributed by atoms with Crippen LogP contribution in [0.5, 0.6) is 0 Å². The maximum atomic E-state index is 2.67. The molecule has 0 aliphatic rings. The van der Waals surface area contributed by atoms with Crippen LogP contribution < -0.4 is 0 Å². The van der Waals surface area contributed by atoms with E-state index in [1.807, 2.05) is 0 Å². The van der Waals surface area contributed by atoms with Gasteiger partial charge in [-0.15, -0.1) is 0 Å². The maximum absolute atomic E-state index is 2.67. The van der Waals surface area contributed by atoms with E-state index in [1.165, 1.54) is 187 Å². The van der Waals surface area contributed by atoms with E-state index >= 15 is 0 Å². The first-order valence-corrected chi connectivity index (χ1v) is 36.1. The fraction of sp³-hybridized carbons (Fsp3) is 0. The van der Waals surface area contributed by atoms with Gasteiger partial charge in [-0.3, -0.25) is 0 Å². The van der Waals surface area contributed by atoms with Crippen molar-refractivity contribution in [2.75, 3.05) is 0 Å². The number of nitrogens with zero attached hydrogens (tertiary/aromatic N) is 2. The number of fused-ring (bicyclic) bond motifs is 14. The number of aromatic nitrogens is 2. The zero-order valence-corrected chi connectivity index (χ0v) is 56.8. The van der Waals surface area contributed by atoms with Crippen molar-refractivity contribution in [1.29, 1.82) is 0 Å². The lowest BCUT2D eigenvalue weighted by molar-refractivity contribution is 1.37. The highest BCUT2D eigenvalue weighted by atomic mass is 14.9. The maximum Gasteiger partial charge on any atom is 0.0634 e. The van der Waals surface area contributed by atoms with E-state index in [-0.39, 0.29) is 0 Å². The van der Waals surface area contributed by atoms with E-state index in [0.717, 1.165) is 22.3 Å². The summed E-state index contributed by atoms with van der Waals surface area (Å²) in [6.45, 7) is 0. The van der Waals surface area contributed by atoms with Crippen LogP contribution in [0.4, 0.5) is 0 Å². The van der Waals surface area contributed by atoms with Crippen LogP contribution in [0.25, 0.3) is 210 Å². The Labute approximate surface area is 602 Å². The topological polar surface area (TPSA) is 8.82 Å². The van der Waals surface area contributed by atoms with E-state index in [4.69, 9.17) is 0 Å². The molecule has 4 heterocycles. The molecule has 0 aliphatic carbocycles. The fourth-order valence-electron chi connectivity index (χ4n) is 17.6. The average molecular weight is 1320 g/mol. The molecule has 482 valence electrons. The van der Waals surface area contributed by atoms with Crippen LogP contribution in [0.3, 0.4) is 0 Å². The summed E-state index contributed by atoms with van der Waals surface area (Å²) >= 11 is 0. The first kappa shape index (κ1) is 59.2. The Morgan fingerprint density at radius 3 is 0.462 bits per heavy atom. The molecule has 2 heteroatoms. The van der Waals surface area contributed by atoms with Gasteiger partial charge in [0.25, 0.3) is 0 Å². The second kappa shape index (κ2) is 24.0. The highest BCUT2D eigenvalue weighted by Crippen LogP contribution is 2.56. The molecule has 0 radical (unpaired) electrons. The molecule has 21 aromatic rings. The van der Waals surface area contributed by atoms with Gasteiger partial charge in [-0.1, -0.05) is 364 Å². The lowest BCUT2D eigenvalue weighted by Crippen LogP contribution is -1.92. The van der Waals surface area contributed by atoms with Gasteiger partial charge in [-0.2, -0.15) is 0 Å². The van der Waals surface area contributed by atoms with Gasteiger partial charge in [-0.25, -0.2) is 0 Å². The van der Waals surface area contributed by atoms with Crippen LogP contribution in [0, 0.1) is 0 Å². The molecule has 21 rings (SSSR count). The first-order valence-electron chi connectivity index (χ1n) is 36.1. The molecule has 0 N–H and O–H groups in total. The van der Waals surface area contributed by atoms with Crippen molar-refractivity contribution in [3.63, 3.8) is 0 Å². The van der Waals surface area contributed by atoms with Gasteiger partial charge < -0.3 is 8.80 Å². The molecule has 17 aromatic carbocycles. The molecule has 0 bridgehead atoms. The molecule has 0 atom stereocenters. The van der Waals surface area contributed by atoms with Crippen molar-refractivity contribution in [3.05, 3.63) is 388 Å². The summed E-state index contributed by atoms with van der Waals surface area (Å²) in [6.07, 6.45) is 0. The molecular formula is C102H64N2. The minimum Gasteiger partial charge on any atom is -0.308 e. The highest BCUT2D eigenvalue weighted by molar-refractivity contribution is 6.45. The number of hydrogen-bond acceptors (Lipinski definition) is 0. The van der Waals surface area contributed by atoms with Crippen LogP contribution in [0.15, 0.2) is 388 Å². The van der Waals surface area contributed by atoms with Gasteiger partial charge in [0, 0.05) is 43.1 Å². The van der Waals surface area contributed by atoms with Gasteiger partial charge in [0.15, 0.2) is 0 Å². The predicted octanol–water partition coefficient (Wildman–Crippen LogP) is 28.0. The normalized spacial score (nSPS) is 11.8. The van der Waals surface area contributed by atoms with E-state index in [0.29, 0.717) is 0 Å². The second-order valence-electron chi connectivity index (χ2n) is 27.6. The van der Waals surface area contributed by atoms with Crippen molar-refractivity contribution < 1.29 is 0 Å². The largest absolute Gasteiger partial charge is 0.308 e. The molecule has 0 unspecified atom stereocenters. The van der Waals surface area contributed by atoms with E-state index in [2.05, 4.69) is 397 Å². The van der Waals surface area contributed by atoms with E-state index < -0.39 is 0 Å². The summed E-state index contributed by atoms with van der Waals surface area (Å²) in [5, 5.41) is 9.88. The molecule has 104 heavy (non-hydrogen) atoms. The van der Waals surface area contributed by atoms with Crippen molar-refractivity contribution in [2.24, 2.45) is 0 Å². The van der Waals surface area contributed by atoms with Crippen LogP contribution in [-0.2, 0) is 0 Å². The summed E-state index contributed by atoms with van der Waals surface area (Å²) in [5.41, 5.74) is 35.6. The molecule has 2 nitrogen and oxygen atoms in total. The van der Waals surface area contributed by atoms with Crippen LogP contribution >= 0.6 is 0 Å². The van der Waals surface area contributed by atoms with E-state index in [1.54, 1.807) is 0 Å². The van der Waals surface area contributed by atoms with Gasteiger partial charge in [-0.05, 0) is 158 Å². The van der Waals surface area contributed by atoms with Gasteiger partial charge in [0.1, 0.15) is 0 Å². The van der Waals surface area contributed by atoms with E-state index in [9.17, 15) is 0 Å². The molecule has 0 aliphatic heterocycles. The minimum absolute atomic E-state index is 1.16. The number of hydrogen-bond donors (Lipinski definition) is 0. The Balaban J connectivity index is 0.935. The zero-order chi connectivity index (χ0) is 68.3. The number of rotatable bonds is 12. The smallest absolute Gasteiger partial charge is 0.0634 e. The van der Waals surface area contributed by atoms with Crippen LogP contribution in [-0.4, -0.2) is 8.80 Å². The SMILES string of the molecule is c1ccc(-c2cccc(-c3ccccc3)c2-c2ccc3c4c5c6ccc(-c7c(-c8ccccc8)cccc7-c7ccccc7)cc6n6c7cc(-c8c(-c9ccccc9)cccc8-c8ccccc8)ccc7c(c7c8ccc(-c9c(-c%10ccccc%10)cccc9-c9ccccc9)cc8n(c3c2)c47)c56)cc1. The summed E-state index contributed by atoms with van der Waals surface area (Å²) in [5.74, 6) is 0. The molecule has 0 saturated carbocycles. The molecule has 0 amide bonds. The van der Waals surface area contributed by atoms with Crippen molar-refractivity contribution in [3.8, 4) is 134 Å². The van der Waals surface area contributed by atoms with Gasteiger partial charge >= 0.3 is 0 Å². The third kappa shape index (κ3) is 9.22. The standard InChI is InChI=1S/C102H64N2/c1-9-29-65(30-10-1)77-45-25-46-78(66-31-11-2-12-32-66)93(77)73-53-57-85-89(61-73)103-90-62-74(94-79(67-33-13-3-14-34-67)47-26-48-80(94)68-35-15-4-16-36-68)54-58-86(90)99-100-88-60-56-76(96-83(71-41-21-7-22-42-71)51-28-52-84(96)72-43-23-8-24-44-72)64-92(88)104-91-63-75(55-59-87(91)98(102(100)104)97(85)101(99)103)95-81(69-37-17-5-18-38-69)49-27-50-82(95)70-39-19-6-20-40-70/h1-64H. The Kier molecular flexibility index (Phi) is 13.7. The van der Waals surface area contributed by atoms with Crippen LogP contribution in [0.1, 0.15) is 0 Å². The Bertz CT molecular complexity index is 5820. The van der Waals surface area contributed by atoms with Gasteiger partial charge in [0.05, 0.1) is 33.1 Å². The molecular weight excluding hydrogens is 1250 g/mol. The van der Waals surface area contributed by atoms with Crippen LogP contribution in [0.2, 0.25) is 0 Å².